The minimum absolute atomic E-state index is 0.660. The molecule has 0 saturated heterocycles. The van der Waals surface area contributed by atoms with Gasteiger partial charge in [-0.1, -0.05) is 13.8 Å². The van der Waals surface area contributed by atoms with Gasteiger partial charge in [0, 0.05) is 25.5 Å². The zero-order valence-electron chi connectivity index (χ0n) is 10.6. The highest BCUT2D eigenvalue weighted by Gasteiger charge is 2.05. The molecule has 92 valence electrons. The van der Waals surface area contributed by atoms with Crippen LogP contribution in [0.1, 0.15) is 19.5 Å². The monoisotopic (exact) mass is 233 g/mol. The van der Waals surface area contributed by atoms with Crippen molar-refractivity contribution in [2.75, 3.05) is 6.54 Å². The molecule has 0 fully saturated rings. The molecule has 0 aliphatic rings. The fraction of sp³-hybridized carbons (Fsp3) is 0.500. The lowest BCUT2D eigenvalue weighted by Crippen LogP contribution is -2.19. The van der Waals surface area contributed by atoms with Gasteiger partial charge in [0.25, 0.3) is 0 Å². The lowest BCUT2D eigenvalue weighted by Gasteiger charge is -2.05. The highest BCUT2D eigenvalue weighted by molar-refractivity contribution is 5.48. The molecule has 0 bridgehead atoms. The van der Waals surface area contributed by atoms with Gasteiger partial charge < -0.3 is 10.3 Å². The van der Waals surface area contributed by atoms with Gasteiger partial charge in [-0.25, -0.2) is 4.98 Å². The lowest BCUT2D eigenvalue weighted by molar-refractivity contribution is 0.549. The summed E-state index contributed by atoms with van der Waals surface area (Å²) in [5.74, 6) is 1.49. The predicted octanol–water partition coefficient (Wildman–Crippen LogP) is 1.56. The third-order valence-electron chi connectivity index (χ3n) is 2.45. The Morgan fingerprint density at radius 1 is 1.47 bits per heavy atom. The molecule has 17 heavy (non-hydrogen) atoms. The molecule has 2 N–H and O–H groups in total. The van der Waals surface area contributed by atoms with Gasteiger partial charge in [-0.2, -0.15) is 5.10 Å². The Morgan fingerprint density at radius 2 is 2.29 bits per heavy atom. The van der Waals surface area contributed by atoms with E-state index in [1.165, 1.54) is 0 Å². The van der Waals surface area contributed by atoms with Crippen molar-refractivity contribution in [3.05, 3.63) is 24.2 Å². The molecule has 0 radical (unpaired) electrons. The van der Waals surface area contributed by atoms with Gasteiger partial charge in [0.15, 0.2) is 5.82 Å². The van der Waals surface area contributed by atoms with Crippen LogP contribution < -0.4 is 5.32 Å². The third-order valence-corrected chi connectivity index (χ3v) is 2.45. The van der Waals surface area contributed by atoms with Crippen molar-refractivity contribution in [2.45, 2.75) is 20.4 Å². The van der Waals surface area contributed by atoms with Gasteiger partial charge >= 0.3 is 0 Å². The summed E-state index contributed by atoms with van der Waals surface area (Å²) in [6.07, 6.45) is 3.77. The fourth-order valence-electron chi connectivity index (χ4n) is 1.62. The second kappa shape index (κ2) is 5.14. The van der Waals surface area contributed by atoms with Crippen molar-refractivity contribution in [3.63, 3.8) is 0 Å². The fourth-order valence-corrected chi connectivity index (χ4v) is 1.62. The summed E-state index contributed by atoms with van der Waals surface area (Å²) >= 11 is 0. The number of aromatic nitrogens is 4. The summed E-state index contributed by atoms with van der Waals surface area (Å²) < 4.78 is 1.77. The van der Waals surface area contributed by atoms with Gasteiger partial charge in [-0.15, -0.1) is 0 Å². The summed E-state index contributed by atoms with van der Waals surface area (Å²) in [5.41, 5.74) is 1.97. The number of imidazole rings is 1. The highest BCUT2D eigenvalue weighted by atomic mass is 15.3. The largest absolute Gasteiger partial charge is 0.339 e. The van der Waals surface area contributed by atoms with Gasteiger partial charge in [-0.05, 0) is 18.5 Å². The summed E-state index contributed by atoms with van der Waals surface area (Å²) in [6.45, 7) is 6.22. The number of hydrogen-bond acceptors (Lipinski definition) is 3. The minimum atomic E-state index is 0.660. The molecule has 0 aromatic carbocycles. The molecule has 2 aromatic heterocycles. The normalized spacial score (nSPS) is 11.3. The van der Waals surface area contributed by atoms with Gasteiger partial charge in [0.05, 0.1) is 6.20 Å². The Bertz CT molecular complexity index is 469. The zero-order chi connectivity index (χ0) is 12.3. The SMILES string of the molecule is CC(C)CNCc1cnc(-c2ccn(C)n2)[nH]1. The molecule has 0 aliphatic heterocycles. The molecular formula is C12H19N5. The van der Waals surface area contributed by atoms with Crippen LogP contribution in [0.15, 0.2) is 18.5 Å². The van der Waals surface area contributed by atoms with Crippen molar-refractivity contribution >= 4 is 0 Å². The van der Waals surface area contributed by atoms with Crippen LogP contribution in [0.3, 0.4) is 0 Å². The van der Waals surface area contributed by atoms with Crippen LogP contribution in [0.25, 0.3) is 11.5 Å². The van der Waals surface area contributed by atoms with Crippen molar-refractivity contribution < 1.29 is 0 Å². The Morgan fingerprint density at radius 3 is 2.94 bits per heavy atom. The average Bonchev–Trinajstić information content (AvgIpc) is 2.86. The molecular weight excluding hydrogens is 214 g/mol. The summed E-state index contributed by atoms with van der Waals surface area (Å²) in [5, 5.41) is 7.68. The first kappa shape index (κ1) is 11.9. The summed E-state index contributed by atoms with van der Waals surface area (Å²) in [6, 6.07) is 1.95. The number of hydrogen-bond donors (Lipinski definition) is 2. The van der Waals surface area contributed by atoms with Gasteiger partial charge in [-0.3, -0.25) is 4.68 Å². The zero-order valence-corrected chi connectivity index (χ0v) is 10.6. The first-order valence-electron chi connectivity index (χ1n) is 5.90. The number of nitrogens with zero attached hydrogens (tertiary/aromatic N) is 3. The first-order chi connectivity index (χ1) is 8.15. The second-order valence-corrected chi connectivity index (χ2v) is 4.66. The quantitative estimate of drug-likeness (QED) is 0.824. The van der Waals surface area contributed by atoms with Crippen LogP contribution >= 0.6 is 0 Å². The van der Waals surface area contributed by atoms with E-state index in [0.717, 1.165) is 30.3 Å². The molecule has 0 unspecified atom stereocenters. The van der Waals surface area contributed by atoms with E-state index in [-0.39, 0.29) is 0 Å². The summed E-state index contributed by atoms with van der Waals surface area (Å²) in [7, 11) is 1.90. The molecule has 5 heteroatoms. The number of nitrogens with one attached hydrogen (secondary N) is 2. The first-order valence-corrected chi connectivity index (χ1v) is 5.90. The van der Waals surface area contributed by atoms with Crippen molar-refractivity contribution in [1.29, 1.82) is 0 Å². The predicted molar refractivity (Wildman–Crippen MR) is 67.3 cm³/mol. The molecule has 5 nitrogen and oxygen atoms in total. The van der Waals surface area contributed by atoms with Crippen molar-refractivity contribution in [2.24, 2.45) is 13.0 Å². The van der Waals surface area contributed by atoms with E-state index >= 15 is 0 Å². The highest BCUT2D eigenvalue weighted by Crippen LogP contribution is 2.12. The average molecular weight is 233 g/mol. The topological polar surface area (TPSA) is 58.5 Å². The molecule has 2 rings (SSSR count). The number of H-pyrrole nitrogens is 1. The van der Waals surface area contributed by atoms with E-state index in [1.807, 2.05) is 25.5 Å². The van der Waals surface area contributed by atoms with Gasteiger partial charge in [0.1, 0.15) is 5.69 Å². The molecule has 2 aromatic rings. The van der Waals surface area contributed by atoms with E-state index in [9.17, 15) is 0 Å². The van der Waals surface area contributed by atoms with Crippen LogP contribution in [-0.2, 0) is 13.6 Å². The van der Waals surface area contributed by atoms with Crippen LogP contribution in [0.4, 0.5) is 0 Å². The molecule has 0 atom stereocenters. The number of rotatable bonds is 5. The van der Waals surface area contributed by atoms with Crippen LogP contribution in [0.5, 0.6) is 0 Å². The molecule has 2 heterocycles. The Labute approximate surface area is 101 Å². The lowest BCUT2D eigenvalue weighted by atomic mass is 10.2. The van der Waals surface area contributed by atoms with E-state index < -0.39 is 0 Å². The Balaban J connectivity index is 1.96. The number of aromatic amines is 1. The Kier molecular flexibility index (Phi) is 3.58. The molecule has 0 amide bonds. The van der Waals surface area contributed by atoms with E-state index in [2.05, 4.69) is 34.2 Å². The maximum absolute atomic E-state index is 4.33. The van der Waals surface area contributed by atoms with Crippen molar-refractivity contribution in [1.82, 2.24) is 25.1 Å². The van der Waals surface area contributed by atoms with Crippen LogP contribution in [-0.4, -0.2) is 26.3 Å². The smallest absolute Gasteiger partial charge is 0.158 e. The Hall–Kier alpha value is -1.62. The maximum Gasteiger partial charge on any atom is 0.158 e. The van der Waals surface area contributed by atoms with E-state index in [1.54, 1.807) is 4.68 Å². The van der Waals surface area contributed by atoms with Gasteiger partial charge in [0.2, 0.25) is 0 Å². The van der Waals surface area contributed by atoms with E-state index in [0.29, 0.717) is 5.92 Å². The molecule has 0 saturated carbocycles. The van der Waals surface area contributed by atoms with E-state index in [4.69, 9.17) is 0 Å². The maximum atomic E-state index is 4.33. The van der Waals surface area contributed by atoms with Crippen LogP contribution in [0, 0.1) is 5.92 Å². The molecule has 0 spiro atoms. The number of aryl methyl sites for hydroxylation is 1. The van der Waals surface area contributed by atoms with Crippen LogP contribution in [0.2, 0.25) is 0 Å². The minimum Gasteiger partial charge on any atom is -0.339 e. The summed E-state index contributed by atoms with van der Waals surface area (Å²) in [4.78, 5) is 7.59. The van der Waals surface area contributed by atoms with Crippen molar-refractivity contribution in [3.8, 4) is 11.5 Å². The third kappa shape index (κ3) is 3.17. The molecule has 0 aliphatic carbocycles. The standard InChI is InChI=1S/C12H19N5/c1-9(2)6-13-7-10-8-14-12(15-10)11-4-5-17(3)16-11/h4-5,8-9,13H,6-7H2,1-3H3,(H,14,15). The second-order valence-electron chi connectivity index (χ2n) is 4.66.